The van der Waals surface area contributed by atoms with E-state index in [0.29, 0.717) is 17.3 Å². The second kappa shape index (κ2) is 8.60. The molecule has 0 bridgehead atoms. The maximum absolute atomic E-state index is 12.5. The fraction of sp³-hybridized carbons (Fsp3) is 0.421. The second-order valence-corrected chi connectivity index (χ2v) is 7.75. The summed E-state index contributed by atoms with van der Waals surface area (Å²) in [5.74, 6) is -0.264. The van der Waals surface area contributed by atoms with Crippen molar-refractivity contribution in [3.8, 4) is 0 Å². The molecule has 0 aromatic carbocycles. The maximum Gasteiger partial charge on any atom is 0.341 e. The lowest BCUT2D eigenvalue weighted by Gasteiger charge is -2.17. The zero-order valence-electron chi connectivity index (χ0n) is 15.0. The predicted octanol–water partition coefficient (Wildman–Crippen LogP) is 4.25. The average Bonchev–Trinajstić information content (AvgIpc) is 3.00. The number of thiocarbonyl (C=S) groups is 1. The highest BCUT2D eigenvalue weighted by molar-refractivity contribution is 7.80. The smallest absolute Gasteiger partial charge is 0.341 e. The first-order valence-electron chi connectivity index (χ1n) is 8.89. The summed E-state index contributed by atoms with van der Waals surface area (Å²) in [6.45, 7) is 4.23. The van der Waals surface area contributed by atoms with E-state index in [1.807, 2.05) is 26.0 Å². The fourth-order valence-corrected chi connectivity index (χ4v) is 4.77. The van der Waals surface area contributed by atoms with Crippen LogP contribution in [-0.4, -0.2) is 22.7 Å². The van der Waals surface area contributed by atoms with Crippen LogP contribution >= 0.6 is 23.6 Å². The molecule has 1 aliphatic carbocycles. The monoisotopic (exact) mass is 389 g/mol. The number of nitrogens with zero attached hydrogens (tertiary/aromatic N) is 1. The number of rotatable bonds is 5. The van der Waals surface area contributed by atoms with Gasteiger partial charge in [0.25, 0.3) is 0 Å². The number of esters is 1. The molecule has 1 unspecified atom stereocenters. The molecule has 138 valence electrons. The van der Waals surface area contributed by atoms with Gasteiger partial charge >= 0.3 is 5.97 Å². The highest BCUT2D eigenvalue weighted by Gasteiger charge is 2.26. The van der Waals surface area contributed by atoms with Crippen molar-refractivity contribution in [3.63, 3.8) is 0 Å². The number of hydrogen-bond acceptors (Lipinski definition) is 5. The lowest BCUT2D eigenvalue weighted by Crippen LogP contribution is -2.31. The summed E-state index contributed by atoms with van der Waals surface area (Å²) in [5, 5.41) is 7.79. The Labute approximate surface area is 163 Å². The van der Waals surface area contributed by atoms with Crippen molar-refractivity contribution in [2.75, 3.05) is 11.9 Å². The van der Waals surface area contributed by atoms with Crippen molar-refractivity contribution in [3.05, 3.63) is 46.1 Å². The number of aromatic nitrogens is 1. The molecule has 2 heterocycles. The van der Waals surface area contributed by atoms with E-state index in [-0.39, 0.29) is 12.0 Å². The number of aryl methyl sites for hydroxylation is 1. The van der Waals surface area contributed by atoms with Crippen LogP contribution < -0.4 is 10.6 Å². The van der Waals surface area contributed by atoms with Gasteiger partial charge in [-0.25, -0.2) is 4.79 Å². The third-order valence-electron chi connectivity index (χ3n) is 4.43. The molecule has 26 heavy (non-hydrogen) atoms. The molecule has 0 radical (unpaired) electrons. The number of pyridine rings is 1. The summed E-state index contributed by atoms with van der Waals surface area (Å²) in [6, 6.07) is 3.95. The fourth-order valence-electron chi connectivity index (χ4n) is 3.14. The van der Waals surface area contributed by atoms with Gasteiger partial charge in [-0.2, -0.15) is 0 Å². The Morgan fingerprint density at radius 3 is 2.81 bits per heavy atom. The van der Waals surface area contributed by atoms with Crippen LogP contribution in [0.4, 0.5) is 5.00 Å². The Hall–Kier alpha value is -1.99. The molecular weight excluding hydrogens is 366 g/mol. The average molecular weight is 390 g/mol. The Bertz CT molecular complexity index is 790. The molecule has 0 saturated carbocycles. The molecule has 2 aromatic heterocycles. The minimum atomic E-state index is -0.264. The van der Waals surface area contributed by atoms with Crippen LogP contribution in [0.2, 0.25) is 0 Å². The van der Waals surface area contributed by atoms with Gasteiger partial charge in [-0.1, -0.05) is 0 Å². The van der Waals surface area contributed by atoms with Crippen molar-refractivity contribution in [2.24, 2.45) is 0 Å². The van der Waals surface area contributed by atoms with Crippen LogP contribution in [0, 0.1) is 0 Å². The van der Waals surface area contributed by atoms with Gasteiger partial charge in [0.1, 0.15) is 5.00 Å². The van der Waals surface area contributed by atoms with Crippen LogP contribution in [0.5, 0.6) is 0 Å². The summed E-state index contributed by atoms with van der Waals surface area (Å²) in [7, 11) is 0. The third-order valence-corrected chi connectivity index (χ3v) is 5.86. The Morgan fingerprint density at radius 2 is 2.08 bits per heavy atom. The number of anilines is 1. The summed E-state index contributed by atoms with van der Waals surface area (Å²) in [5.41, 5.74) is 2.89. The normalized spacial score (nSPS) is 14.2. The largest absolute Gasteiger partial charge is 0.462 e. The van der Waals surface area contributed by atoms with Crippen LogP contribution in [-0.2, 0) is 17.6 Å². The number of carbonyl (C=O) groups is 1. The first kappa shape index (κ1) is 18.8. The van der Waals surface area contributed by atoms with E-state index in [2.05, 4.69) is 15.6 Å². The maximum atomic E-state index is 12.5. The first-order chi connectivity index (χ1) is 12.6. The molecule has 0 spiro atoms. The first-order valence-corrected chi connectivity index (χ1v) is 10.1. The third kappa shape index (κ3) is 4.22. The number of carbonyl (C=O) groups excluding carboxylic acids is 1. The molecule has 0 fully saturated rings. The molecule has 1 atom stereocenters. The molecule has 7 heteroatoms. The molecule has 0 amide bonds. The minimum absolute atomic E-state index is 0.0404. The van der Waals surface area contributed by atoms with E-state index < -0.39 is 0 Å². The van der Waals surface area contributed by atoms with Crippen molar-refractivity contribution < 1.29 is 9.53 Å². The summed E-state index contributed by atoms with van der Waals surface area (Å²) >= 11 is 7.10. The SMILES string of the molecule is CCOC(=O)c1c(NC(=S)NC(C)c2ccncc2)sc2c1CCCC2. The lowest BCUT2D eigenvalue weighted by molar-refractivity contribution is 0.0526. The molecule has 1 aliphatic rings. The molecule has 2 N–H and O–H groups in total. The number of fused-ring (bicyclic) bond motifs is 1. The van der Waals surface area contributed by atoms with Gasteiger partial charge in [-0.15, -0.1) is 11.3 Å². The quantitative estimate of drug-likeness (QED) is 0.589. The van der Waals surface area contributed by atoms with E-state index >= 15 is 0 Å². The van der Waals surface area contributed by atoms with E-state index in [1.54, 1.807) is 23.7 Å². The standard InChI is InChI=1S/C19H23N3O2S2/c1-3-24-18(23)16-14-6-4-5-7-15(14)26-17(16)22-19(25)21-12(2)13-8-10-20-11-9-13/h8-12H,3-7H2,1-2H3,(H2,21,22,25). The van der Waals surface area contributed by atoms with Crippen LogP contribution in [0.15, 0.2) is 24.5 Å². The van der Waals surface area contributed by atoms with E-state index in [0.717, 1.165) is 41.8 Å². The van der Waals surface area contributed by atoms with Crippen molar-refractivity contribution in [1.82, 2.24) is 10.3 Å². The van der Waals surface area contributed by atoms with Gasteiger partial charge in [0.2, 0.25) is 0 Å². The van der Waals surface area contributed by atoms with Gasteiger partial charge in [0.05, 0.1) is 18.2 Å². The van der Waals surface area contributed by atoms with E-state index in [4.69, 9.17) is 17.0 Å². The predicted molar refractivity (Wildman–Crippen MR) is 109 cm³/mol. The van der Waals surface area contributed by atoms with Gasteiger partial charge in [-0.05, 0) is 75.0 Å². The molecule has 5 nitrogen and oxygen atoms in total. The van der Waals surface area contributed by atoms with Gasteiger partial charge in [0, 0.05) is 17.3 Å². The highest BCUT2D eigenvalue weighted by Crippen LogP contribution is 2.38. The number of hydrogen-bond donors (Lipinski definition) is 2. The Balaban J connectivity index is 1.77. The number of nitrogens with one attached hydrogen (secondary N) is 2. The summed E-state index contributed by atoms with van der Waals surface area (Å²) in [6.07, 6.45) is 7.73. The zero-order valence-corrected chi connectivity index (χ0v) is 16.6. The number of ether oxygens (including phenoxy) is 1. The van der Waals surface area contributed by atoms with Gasteiger partial charge in [0.15, 0.2) is 5.11 Å². The van der Waals surface area contributed by atoms with E-state index in [9.17, 15) is 4.79 Å². The summed E-state index contributed by atoms with van der Waals surface area (Å²) < 4.78 is 5.28. The minimum Gasteiger partial charge on any atom is -0.462 e. The van der Waals surface area contributed by atoms with Crippen LogP contribution in [0.25, 0.3) is 0 Å². The molecule has 0 saturated heterocycles. The van der Waals surface area contributed by atoms with Crippen LogP contribution in [0.1, 0.15) is 59.1 Å². The van der Waals surface area contributed by atoms with E-state index in [1.165, 1.54) is 4.88 Å². The Morgan fingerprint density at radius 1 is 1.35 bits per heavy atom. The topological polar surface area (TPSA) is 63.2 Å². The highest BCUT2D eigenvalue weighted by atomic mass is 32.1. The molecule has 3 rings (SSSR count). The summed E-state index contributed by atoms with van der Waals surface area (Å²) in [4.78, 5) is 17.8. The Kier molecular flexibility index (Phi) is 6.21. The zero-order chi connectivity index (χ0) is 18.5. The second-order valence-electron chi connectivity index (χ2n) is 6.24. The van der Waals surface area contributed by atoms with Gasteiger partial charge < -0.3 is 15.4 Å². The molecule has 0 aliphatic heterocycles. The lowest BCUT2D eigenvalue weighted by atomic mass is 9.95. The molecular formula is C19H23N3O2S2. The van der Waals surface area contributed by atoms with Crippen molar-refractivity contribution >= 4 is 39.6 Å². The number of thiophene rings is 1. The van der Waals surface area contributed by atoms with Crippen molar-refractivity contribution in [1.29, 1.82) is 0 Å². The van der Waals surface area contributed by atoms with Crippen molar-refractivity contribution in [2.45, 2.75) is 45.6 Å². The van der Waals surface area contributed by atoms with Gasteiger partial charge in [-0.3, -0.25) is 4.98 Å². The van der Waals surface area contributed by atoms with Crippen LogP contribution in [0.3, 0.4) is 0 Å². The molecule has 2 aromatic rings.